The number of anilines is 1. The van der Waals surface area contributed by atoms with Crippen LogP contribution in [0.4, 0.5) is 5.13 Å². The number of aryl methyl sites for hydroxylation is 1. The summed E-state index contributed by atoms with van der Waals surface area (Å²) in [5.41, 5.74) is 2.85. The molecule has 0 aliphatic heterocycles. The average molecular weight is 289 g/mol. The summed E-state index contributed by atoms with van der Waals surface area (Å²) in [5, 5.41) is 4.14. The fraction of sp³-hybridized carbons (Fsp3) is 0.467. The summed E-state index contributed by atoms with van der Waals surface area (Å²) in [7, 11) is 1.70. The van der Waals surface area contributed by atoms with Gasteiger partial charge in [-0.3, -0.25) is 0 Å². The third-order valence-corrected chi connectivity index (χ3v) is 4.39. The van der Waals surface area contributed by atoms with Gasteiger partial charge in [0.05, 0.1) is 6.61 Å². The molecule has 1 atom stereocenters. The second kappa shape index (κ2) is 6.33. The highest BCUT2D eigenvalue weighted by atomic mass is 32.1. The lowest BCUT2D eigenvalue weighted by atomic mass is 9.82. The number of hydrogen-bond donors (Lipinski definition) is 1. The highest BCUT2D eigenvalue weighted by molar-refractivity contribution is 7.09. The van der Waals surface area contributed by atoms with Crippen molar-refractivity contribution in [2.45, 2.75) is 25.2 Å². The summed E-state index contributed by atoms with van der Waals surface area (Å²) in [4.78, 5) is 4.65. The number of fused-ring (bicyclic) bond motifs is 1. The number of methoxy groups -OCH3 is 1. The summed E-state index contributed by atoms with van der Waals surface area (Å²) in [5.74, 6) is 1.32. The van der Waals surface area contributed by atoms with Crippen molar-refractivity contribution in [3.05, 3.63) is 41.2 Å². The van der Waals surface area contributed by atoms with Crippen LogP contribution in [0.25, 0.3) is 0 Å². The minimum absolute atomic E-state index is 0.356. The average Bonchev–Trinajstić information content (AvgIpc) is 2.96. The van der Waals surface area contributed by atoms with Crippen molar-refractivity contribution >= 4 is 16.7 Å². The number of benzene rings is 1. The minimum atomic E-state index is 0.356. The van der Waals surface area contributed by atoms with E-state index in [1.165, 1.54) is 35.5 Å². The van der Waals surface area contributed by atoms with E-state index in [4.69, 9.17) is 4.74 Å². The Morgan fingerprint density at radius 1 is 1.40 bits per heavy atom. The molecule has 1 aliphatic carbocycles. The van der Waals surface area contributed by atoms with E-state index < -0.39 is 0 Å². The maximum atomic E-state index is 5.03. The third-order valence-electron chi connectivity index (χ3n) is 3.71. The van der Waals surface area contributed by atoms with Crippen molar-refractivity contribution in [1.29, 1.82) is 0 Å². The van der Waals surface area contributed by atoms with Crippen LogP contribution in [-0.2, 0) is 11.2 Å². The van der Waals surface area contributed by atoms with Gasteiger partial charge < -0.3 is 10.1 Å². The fourth-order valence-corrected chi connectivity index (χ4v) is 3.38. The SMILES string of the molecule is COCCNc1nc(C2CCCc3ccccc32)ns1. The number of nitrogens with zero attached hydrogens (tertiary/aromatic N) is 2. The van der Waals surface area contributed by atoms with Crippen molar-refractivity contribution < 1.29 is 4.74 Å². The van der Waals surface area contributed by atoms with Gasteiger partial charge in [0.15, 0.2) is 5.82 Å². The van der Waals surface area contributed by atoms with E-state index in [1.807, 2.05) is 0 Å². The summed E-state index contributed by atoms with van der Waals surface area (Å²) in [6, 6.07) is 8.68. The molecule has 0 saturated carbocycles. The molecule has 0 bridgehead atoms. The molecule has 0 saturated heterocycles. The van der Waals surface area contributed by atoms with Gasteiger partial charge >= 0.3 is 0 Å². The number of nitrogens with one attached hydrogen (secondary N) is 1. The lowest BCUT2D eigenvalue weighted by molar-refractivity contribution is 0.211. The van der Waals surface area contributed by atoms with E-state index in [0.717, 1.165) is 23.9 Å². The molecule has 3 rings (SSSR count). The number of ether oxygens (including phenoxy) is 1. The second-order valence-electron chi connectivity index (χ2n) is 5.02. The molecule has 106 valence electrons. The van der Waals surface area contributed by atoms with Gasteiger partial charge in [0.2, 0.25) is 5.13 Å². The standard InChI is InChI=1S/C15H19N3OS/c1-19-10-9-16-15-17-14(18-20-15)13-8-4-6-11-5-2-3-7-12(11)13/h2-3,5,7,13H,4,6,8-10H2,1H3,(H,16,17,18). The Morgan fingerprint density at radius 2 is 2.30 bits per heavy atom. The van der Waals surface area contributed by atoms with Gasteiger partial charge in [-0.1, -0.05) is 24.3 Å². The first kappa shape index (κ1) is 13.5. The first-order valence-corrected chi connectivity index (χ1v) is 7.80. The second-order valence-corrected chi connectivity index (χ2v) is 5.77. The predicted octanol–water partition coefficient (Wildman–Crippen LogP) is 3.06. The van der Waals surface area contributed by atoms with Crippen LogP contribution < -0.4 is 5.32 Å². The molecule has 0 amide bonds. The monoisotopic (exact) mass is 289 g/mol. The molecule has 1 aliphatic rings. The molecular formula is C15H19N3OS. The molecule has 5 heteroatoms. The summed E-state index contributed by atoms with van der Waals surface area (Å²) < 4.78 is 9.57. The molecule has 2 aromatic rings. The van der Waals surface area contributed by atoms with Gasteiger partial charge in [-0.15, -0.1) is 0 Å². The summed E-state index contributed by atoms with van der Waals surface area (Å²) >= 11 is 1.44. The summed E-state index contributed by atoms with van der Waals surface area (Å²) in [6.07, 6.45) is 3.54. The molecule has 1 aromatic heterocycles. The van der Waals surface area contributed by atoms with Crippen LogP contribution in [0.3, 0.4) is 0 Å². The maximum absolute atomic E-state index is 5.03. The van der Waals surface area contributed by atoms with Crippen molar-refractivity contribution in [3.63, 3.8) is 0 Å². The Hall–Kier alpha value is -1.46. The van der Waals surface area contributed by atoms with E-state index in [0.29, 0.717) is 12.5 Å². The smallest absolute Gasteiger partial charge is 0.202 e. The Morgan fingerprint density at radius 3 is 3.20 bits per heavy atom. The number of aromatic nitrogens is 2. The van der Waals surface area contributed by atoms with Crippen LogP contribution in [0.2, 0.25) is 0 Å². The van der Waals surface area contributed by atoms with Crippen LogP contribution in [0.15, 0.2) is 24.3 Å². The third kappa shape index (κ3) is 2.83. The van der Waals surface area contributed by atoms with Gasteiger partial charge in [0.25, 0.3) is 0 Å². The Balaban J connectivity index is 1.77. The Labute approximate surface area is 123 Å². The van der Waals surface area contributed by atoms with E-state index in [2.05, 4.69) is 38.9 Å². The fourth-order valence-electron chi connectivity index (χ4n) is 2.73. The zero-order valence-corrected chi connectivity index (χ0v) is 12.4. The largest absolute Gasteiger partial charge is 0.383 e. The molecule has 1 N–H and O–H groups in total. The quantitative estimate of drug-likeness (QED) is 0.859. The van der Waals surface area contributed by atoms with E-state index in [1.54, 1.807) is 7.11 Å². The first-order chi connectivity index (χ1) is 9.88. The molecule has 0 radical (unpaired) electrons. The molecule has 4 nitrogen and oxygen atoms in total. The molecule has 1 heterocycles. The summed E-state index contributed by atoms with van der Waals surface area (Å²) in [6.45, 7) is 1.45. The van der Waals surface area contributed by atoms with Crippen molar-refractivity contribution in [2.24, 2.45) is 0 Å². The zero-order chi connectivity index (χ0) is 13.8. The Kier molecular flexibility index (Phi) is 4.28. The molecular weight excluding hydrogens is 270 g/mol. The molecule has 20 heavy (non-hydrogen) atoms. The van der Waals surface area contributed by atoms with Crippen LogP contribution in [0, 0.1) is 0 Å². The topological polar surface area (TPSA) is 47.0 Å². The maximum Gasteiger partial charge on any atom is 0.202 e. The molecule has 0 fully saturated rings. The normalized spacial score (nSPS) is 17.8. The highest BCUT2D eigenvalue weighted by Crippen LogP contribution is 2.36. The van der Waals surface area contributed by atoms with Crippen LogP contribution in [0.5, 0.6) is 0 Å². The zero-order valence-electron chi connectivity index (χ0n) is 11.6. The molecule has 0 spiro atoms. The van der Waals surface area contributed by atoms with Gasteiger partial charge in [0.1, 0.15) is 0 Å². The first-order valence-electron chi connectivity index (χ1n) is 7.02. The van der Waals surface area contributed by atoms with Crippen LogP contribution >= 0.6 is 11.5 Å². The van der Waals surface area contributed by atoms with E-state index in [-0.39, 0.29) is 0 Å². The lowest BCUT2D eigenvalue weighted by Crippen LogP contribution is -2.12. The number of hydrogen-bond acceptors (Lipinski definition) is 5. The van der Waals surface area contributed by atoms with E-state index >= 15 is 0 Å². The van der Waals surface area contributed by atoms with Gasteiger partial charge in [0, 0.05) is 31.1 Å². The molecule has 1 aromatic carbocycles. The minimum Gasteiger partial charge on any atom is -0.383 e. The van der Waals surface area contributed by atoms with Crippen LogP contribution in [-0.4, -0.2) is 29.6 Å². The van der Waals surface area contributed by atoms with Crippen molar-refractivity contribution in [2.75, 3.05) is 25.6 Å². The van der Waals surface area contributed by atoms with Crippen molar-refractivity contribution in [3.8, 4) is 0 Å². The lowest BCUT2D eigenvalue weighted by Gasteiger charge is -2.23. The van der Waals surface area contributed by atoms with Crippen molar-refractivity contribution in [1.82, 2.24) is 9.36 Å². The van der Waals surface area contributed by atoms with E-state index in [9.17, 15) is 0 Å². The predicted molar refractivity (Wildman–Crippen MR) is 81.5 cm³/mol. The Bertz CT molecular complexity index is 570. The number of rotatable bonds is 5. The van der Waals surface area contributed by atoms with Gasteiger partial charge in [-0.25, -0.2) is 4.98 Å². The molecule has 1 unspecified atom stereocenters. The highest BCUT2D eigenvalue weighted by Gasteiger charge is 2.24. The van der Waals surface area contributed by atoms with Crippen LogP contribution in [0.1, 0.15) is 35.7 Å². The van der Waals surface area contributed by atoms with Gasteiger partial charge in [-0.05, 0) is 30.4 Å². The van der Waals surface area contributed by atoms with Gasteiger partial charge in [-0.2, -0.15) is 4.37 Å².